The fourth-order valence-electron chi connectivity index (χ4n) is 4.11. The minimum Gasteiger partial charge on any atom is -0.467 e. The molecule has 1 fully saturated rings. The summed E-state index contributed by atoms with van der Waals surface area (Å²) in [4.78, 5) is 59.3. The third-order valence-corrected chi connectivity index (χ3v) is 5.73. The minimum atomic E-state index is -1.45. The Morgan fingerprint density at radius 3 is 2.02 bits per heavy atom. The first kappa shape index (κ1) is 31.9. The molecule has 42 heavy (non-hydrogen) atoms. The van der Waals surface area contributed by atoms with Crippen molar-refractivity contribution in [3.63, 3.8) is 0 Å². The van der Waals surface area contributed by atoms with Crippen molar-refractivity contribution >= 4 is 35.5 Å². The van der Waals surface area contributed by atoms with Crippen LogP contribution >= 0.6 is 0 Å². The monoisotopic (exact) mass is 591 g/mol. The number of carbonyl (C=O) groups excluding carboxylic acids is 5. The lowest BCUT2D eigenvalue weighted by atomic mass is 9.98. The summed E-state index contributed by atoms with van der Waals surface area (Å²) in [5, 5.41) is 3.18. The number of hydrogen-bond donors (Lipinski definition) is 1. The van der Waals surface area contributed by atoms with Gasteiger partial charge in [0.25, 0.3) is 0 Å². The lowest BCUT2D eigenvalue weighted by Crippen LogP contribution is -2.63. The topological polar surface area (TPSA) is 175 Å². The van der Waals surface area contributed by atoms with Gasteiger partial charge in [-0.3, -0.25) is 24.0 Å². The fraction of sp³-hybridized carbons (Fsp3) is 0.464. The van der Waals surface area contributed by atoms with Crippen LogP contribution < -0.4 is 10.1 Å². The molecule has 14 nitrogen and oxygen atoms in total. The summed E-state index contributed by atoms with van der Waals surface area (Å²) in [6, 6.07) is 8.48. The Kier molecular flexibility index (Phi) is 11.3. The molecule has 14 heteroatoms. The van der Waals surface area contributed by atoms with Gasteiger partial charge < -0.3 is 42.9 Å². The zero-order chi connectivity index (χ0) is 30.8. The summed E-state index contributed by atoms with van der Waals surface area (Å²) in [5.74, 6) is -2.63. The third-order valence-electron chi connectivity index (χ3n) is 5.73. The van der Waals surface area contributed by atoms with E-state index in [1.165, 1.54) is 13.8 Å². The van der Waals surface area contributed by atoms with E-state index < -0.39 is 67.2 Å². The number of hydrogen-bond acceptors (Lipinski definition) is 14. The van der Waals surface area contributed by atoms with Gasteiger partial charge in [0.05, 0.1) is 12.8 Å². The molecule has 2 heterocycles. The standard InChI is InChI=1S/C28H33NO13/c1-15(30)36-13-20-11-21(29-12-22-7-6-10-35-22)8-9-23(20)41-28-27(40-19(5)34)26(39-18(4)33)25(38-17(3)32)24(42-28)14-37-16(2)31/h6-11,24-29H,12-14H2,1-5H3/t24?,25?,26?,27-,28?/m1/s1. The van der Waals surface area contributed by atoms with Gasteiger partial charge in [-0.15, -0.1) is 0 Å². The van der Waals surface area contributed by atoms with Gasteiger partial charge in [-0.1, -0.05) is 0 Å². The molecule has 1 aliphatic rings. The van der Waals surface area contributed by atoms with Gasteiger partial charge >= 0.3 is 29.8 Å². The molecule has 0 spiro atoms. The maximum atomic E-state index is 12.1. The first-order valence-electron chi connectivity index (χ1n) is 12.9. The Morgan fingerprint density at radius 2 is 1.43 bits per heavy atom. The molecule has 4 unspecified atom stereocenters. The molecule has 0 amide bonds. The van der Waals surface area contributed by atoms with Crippen LogP contribution in [0.5, 0.6) is 5.75 Å². The van der Waals surface area contributed by atoms with Crippen LogP contribution in [0.2, 0.25) is 0 Å². The third kappa shape index (κ3) is 9.51. The lowest BCUT2D eigenvalue weighted by molar-refractivity contribution is -0.288. The number of esters is 5. The van der Waals surface area contributed by atoms with Crippen LogP contribution in [0.25, 0.3) is 0 Å². The zero-order valence-electron chi connectivity index (χ0n) is 23.8. The quantitative estimate of drug-likeness (QED) is 0.281. The van der Waals surface area contributed by atoms with E-state index in [1.54, 1.807) is 36.6 Å². The van der Waals surface area contributed by atoms with Crippen LogP contribution in [0, 0.1) is 0 Å². The van der Waals surface area contributed by atoms with Gasteiger partial charge in [-0.25, -0.2) is 0 Å². The molecule has 1 aromatic carbocycles. The van der Waals surface area contributed by atoms with E-state index in [-0.39, 0.29) is 12.4 Å². The Hall–Kier alpha value is -4.59. The summed E-state index contributed by atoms with van der Waals surface area (Å²) in [6.45, 7) is 5.57. The van der Waals surface area contributed by atoms with E-state index in [2.05, 4.69) is 5.32 Å². The molecule has 2 aromatic rings. The smallest absolute Gasteiger partial charge is 0.303 e. The highest BCUT2D eigenvalue weighted by atomic mass is 16.7. The average Bonchev–Trinajstić information content (AvgIpc) is 3.42. The average molecular weight is 592 g/mol. The SMILES string of the molecule is CC(=O)OCc1cc(NCc2ccco2)ccc1OC1OC(COC(C)=O)C(OC(C)=O)C(OC(C)=O)[C@H]1OC(C)=O. The van der Waals surface area contributed by atoms with Crippen molar-refractivity contribution in [1.82, 2.24) is 0 Å². The Balaban J connectivity index is 1.98. The largest absolute Gasteiger partial charge is 0.467 e. The maximum Gasteiger partial charge on any atom is 0.303 e. The molecule has 1 aromatic heterocycles. The molecular formula is C28H33NO13. The van der Waals surface area contributed by atoms with E-state index in [4.69, 9.17) is 37.6 Å². The second-order valence-corrected chi connectivity index (χ2v) is 9.22. The van der Waals surface area contributed by atoms with Gasteiger partial charge in [0.15, 0.2) is 12.2 Å². The molecule has 1 saturated heterocycles. The van der Waals surface area contributed by atoms with Gasteiger partial charge in [0.2, 0.25) is 12.4 Å². The van der Waals surface area contributed by atoms with Crippen LogP contribution in [0.1, 0.15) is 45.9 Å². The number of benzene rings is 1. The zero-order valence-corrected chi connectivity index (χ0v) is 23.8. The Morgan fingerprint density at radius 1 is 0.786 bits per heavy atom. The predicted octanol–water partition coefficient (Wildman–Crippen LogP) is 2.42. The maximum absolute atomic E-state index is 12.1. The van der Waals surface area contributed by atoms with Crippen molar-refractivity contribution < 1.29 is 61.5 Å². The van der Waals surface area contributed by atoms with Crippen LogP contribution in [0.4, 0.5) is 5.69 Å². The lowest BCUT2D eigenvalue weighted by Gasteiger charge is -2.44. The molecule has 1 N–H and O–H groups in total. The molecule has 228 valence electrons. The van der Waals surface area contributed by atoms with Gasteiger partial charge in [-0.05, 0) is 30.3 Å². The number of furan rings is 1. The normalized spacial score (nSPS) is 21.4. The summed E-state index contributed by atoms with van der Waals surface area (Å²) < 4.78 is 44.0. The van der Waals surface area contributed by atoms with Gasteiger partial charge in [0.1, 0.15) is 30.8 Å². The van der Waals surface area contributed by atoms with Crippen molar-refractivity contribution in [2.75, 3.05) is 11.9 Å². The summed E-state index contributed by atoms with van der Waals surface area (Å²) in [5.41, 5.74) is 1.05. The molecule has 3 rings (SSSR count). The van der Waals surface area contributed by atoms with Gasteiger partial charge in [0, 0.05) is 45.9 Å². The molecule has 0 bridgehead atoms. The Bertz CT molecular complexity index is 1260. The number of carbonyl (C=O) groups is 5. The summed E-state index contributed by atoms with van der Waals surface area (Å²) in [7, 11) is 0. The first-order chi connectivity index (χ1) is 19.9. The highest BCUT2D eigenvalue weighted by Gasteiger charge is 2.53. The fourth-order valence-corrected chi connectivity index (χ4v) is 4.11. The van der Waals surface area contributed by atoms with E-state index >= 15 is 0 Å². The van der Waals surface area contributed by atoms with E-state index in [1.807, 2.05) is 0 Å². The number of anilines is 1. The van der Waals surface area contributed by atoms with Crippen LogP contribution in [0.3, 0.4) is 0 Å². The van der Waals surface area contributed by atoms with Crippen molar-refractivity contribution in [3.8, 4) is 5.75 Å². The summed E-state index contributed by atoms with van der Waals surface area (Å²) >= 11 is 0. The van der Waals surface area contributed by atoms with Crippen molar-refractivity contribution in [2.45, 2.75) is 78.5 Å². The van der Waals surface area contributed by atoms with Crippen molar-refractivity contribution in [1.29, 1.82) is 0 Å². The first-order valence-corrected chi connectivity index (χ1v) is 12.9. The van der Waals surface area contributed by atoms with Crippen molar-refractivity contribution in [3.05, 3.63) is 47.9 Å². The number of ether oxygens (including phenoxy) is 7. The van der Waals surface area contributed by atoms with Gasteiger partial charge in [-0.2, -0.15) is 0 Å². The van der Waals surface area contributed by atoms with E-state index in [0.29, 0.717) is 23.6 Å². The van der Waals surface area contributed by atoms with Crippen molar-refractivity contribution in [2.24, 2.45) is 0 Å². The highest BCUT2D eigenvalue weighted by Crippen LogP contribution is 2.33. The second kappa shape index (κ2) is 14.9. The summed E-state index contributed by atoms with van der Waals surface area (Å²) in [6.07, 6.45) is -5.26. The van der Waals surface area contributed by atoms with Crippen LogP contribution in [0.15, 0.2) is 41.0 Å². The molecule has 5 atom stereocenters. The number of rotatable bonds is 12. The van der Waals surface area contributed by atoms with Crippen LogP contribution in [-0.2, 0) is 65.5 Å². The molecule has 0 aliphatic carbocycles. The highest BCUT2D eigenvalue weighted by molar-refractivity contribution is 5.69. The second-order valence-electron chi connectivity index (χ2n) is 9.22. The number of nitrogens with one attached hydrogen (secondary N) is 1. The van der Waals surface area contributed by atoms with E-state index in [0.717, 1.165) is 20.8 Å². The Labute approximate surface area is 241 Å². The molecular weight excluding hydrogens is 558 g/mol. The van der Waals surface area contributed by atoms with E-state index in [9.17, 15) is 24.0 Å². The minimum absolute atomic E-state index is 0.167. The predicted molar refractivity (Wildman–Crippen MR) is 141 cm³/mol. The molecule has 0 radical (unpaired) electrons. The molecule has 1 aliphatic heterocycles. The molecule has 0 saturated carbocycles. The van der Waals surface area contributed by atoms with Crippen LogP contribution in [-0.4, -0.2) is 67.2 Å².